The first-order chi connectivity index (χ1) is 8.79. The first-order valence-electron chi connectivity index (χ1n) is 5.91. The molecule has 0 saturated carbocycles. The summed E-state index contributed by atoms with van der Waals surface area (Å²) >= 11 is 0. The van der Waals surface area contributed by atoms with Gasteiger partial charge in [-0.15, -0.1) is 0 Å². The number of aromatic amines is 1. The summed E-state index contributed by atoms with van der Waals surface area (Å²) in [4.78, 5) is 6.27. The van der Waals surface area contributed by atoms with E-state index in [2.05, 4.69) is 35.5 Å². The monoisotopic (exact) mass is 279 g/mol. The second-order valence-electron chi connectivity index (χ2n) is 5.35. The largest absolute Gasteiger partial charge is 0.334 e. The van der Waals surface area contributed by atoms with E-state index in [0.717, 1.165) is 5.56 Å². The number of anilines is 1. The first kappa shape index (κ1) is 13.6. The molecule has 2 N–H and O–H groups in total. The van der Waals surface area contributed by atoms with Crippen LogP contribution in [0.2, 0.25) is 0 Å². The van der Waals surface area contributed by atoms with Crippen molar-refractivity contribution in [2.75, 3.05) is 4.72 Å². The number of rotatable bonds is 3. The zero-order valence-corrected chi connectivity index (χ0v) is 12.0. The lowest BCUT2D eigenvalue weighted by atomic mass is 9.87. The lowest BCUT2D eigenvalue weighted by molar-refractivity contribution is 0.590. The van der Waals surface area contributed by atoms with Crippen molar-refractivity contribution in [1.82, 2.24) is 9.97 Å². The van der Waals surface area contributed by atoms with Gasteiger partial charge in [0.15, 0.2) is 5.03 Å². The fourth-order valence-electron chi connectivity index (χ4n) is 1.64. The Balaban J connectivity index is 2.21. The Bertz CT molecular complexity index is 638. The van der Waals surface area contributed by atoms with Gasteiger partial charge in [0.2, 0.25) is 0 Å². The van der Waals surface area contributed by atoms with Crippen molar-refractivity contribution in [1.29, 1.82) is 0 Å². The van der Waals surface area contributed by atoms with E-state index in [-0.39, 0.29) is 10.4 Å². The van der Waals surface area contributed by atoms with Crippen molar-refractivity contribution in [3.63, 3.8) is 0 Å². The Morgan fingerprint density at radius 1 is 1.16 bits per heavy atom. The Morgan fingerprint density at radius 3 is 2.26 bits per heavy atom. The van der Waals surface area contributed by atoms with Crippen LogP contribution in [0.25, 0.3) is 0 Å². The summed E-state index contributed by atoms with van der Waals surface area (Å²) in [6, 6.07) is 7.36. The van der Waals surface area contributed by atoms with Gasteiger partial charge in [0, 0.05) is 5.69 Å². The summed E-state index contributed by atoms with van der Waals surface area (Å²) in [6.45, 7) is 6.32. The molecule has 0 radical (unpaired) electrons. The van der Waals surface area contributed by atoms with E-state index in [1.54, 1.807) is 12.1 Å². The highest BCUT2D eigenvalue weighted by Crippen LogP contribution is 2.24. The number of hydrogen-bond donors (Lipinski definition) is 2. The van der Waals surface area contributed by atoms with E-state index < -0.39 is 10.0 Å². The molecule has 2 rings (SSSR count). The fraction of sp³-hybridized carbons (Fsp3) is 0.308. The van der Waals surface area contributed by atoms with Crippen LogP contribution in [0.4, 0.5) is 5.69 Å². The summed E-state index contributed by atoms with van der Waals surface area (Å²) in [5, 5.41) is 0.0485. The van der Waals surface area contributed by atoms with Crippen molar-refractivity contribution in [3.05, 3.63) is 42.4 Å². The summed E-state index contributed by atoms with van der Waals surface area (Å²) in [5.74, 6) is 0. The highest BCUT2D eigenvalue weighted by molar-refractivity contribution is 7.92. The van der Waals surface area contributed by atoms with E-state index in [0.29, 0.717) is 5.69 Å². The van der Waals surface area contributed by atoms with Crippen molar-refractivity contribution in [3.8, 4) is 0 Å². The van der Waals surface area contributed by atoms with Crippen molar-refractivity contribution >= 4 is 15.7 Å². The molecule has 1 heterocycles. The van der Waals surface area contributed by atoms with Gasteiger partial charge < -0.3 is 4.98 Å². The van der Waals surface area contributed by atoms with Crippen LogP contribution in [0.1, 0.15) is 26.3 Å². The molecule has 0 bridgehead atoms. The molecule has 0 aliphatic heterocycles. The Kier molecular flexibility index (Phi) is 3.36. The zero-order chi connectivity index (χ0) is 14.1. The normalized spacial score (nSPS) is 12.4. The van der Waals surface area contributed by atoms with Gasteiger partial charge in [-0.2, -0.15) is 8.42 Å². The molecule has 0 amide bonds. The Morgan fingerprint density at radius 2 is 1.79 bits per heavy atom. The molecular formula is C13H17N3O2S. The number of nitrogens with zero attached hydrogens (tertiary/aromatic N) is 1. The maximum atomic E-state index is 12.0. The minimum Gasteiger partial charge on any atom is -0.334 e. The predicted molar refractivity (Wildman–Crippen MR) is 74.5 cm³/mol. The summed E-state index contributed by atoms with van der Waals surface area (Å²) in [7, 11) is -3.59. The van der Waals surface area contributed by atoms with E-state index in [1.165, 1.54) is 12.5 Å². The van der Waals surface area contributed by atoms with Crippen LogP contribution in [0, 0.1) is 0 Å². The van der Waals surface area contributed by atoms with Gasteiger partial charge in [0.05, 0.1) is 12.5 Å². The number of nitrogens with one attached hydrogen (secondary N) is 2. The quantitative estimate of drug-likeness (QED) is 0.906. The number of sulfonamides is 1. The van der Waals surface area contributed by atoms with E-state index >= 15 is 0 Å². The van der Waals surface area contributed by atoms with Gasteiger partial charge in [-0.05, 0) is 23.1 Å². The van der Waals surface area contributed by atoms with Crippen LogP contribution in [0.5, 0.6) is 0 Å². The molecule has 6 heteroatoms. The van der Waals surface area contributed by atoms with E-state index in [4.69, 9.17) is 0 Å². The molecule has 0 spiro atoms. The standard InChI is InChI=1S/C13H17N3O2S/c1-13(2,3)10-4-6-11(7-5-10)16-19(17,18)12-8-14-9-15-12/h4-9,16H,1-3H3,(H,14,15). The number of benzene rings is 1. The molecule has 0 aliphatic rings. The van der Waals surface area contributed by atoms with E-state index in [1.807, 2.05) is 12.1 Å². The van der Waals surface area contributed by atoms with Gasteiger partial charge in [0.1, 0.15) is 0 Å². The Labute approximate surface area is 113 Å². The lowest BCUT2D eigenvalue weighted by Crippen LogP contribution is -2.14. The van der Waals surface area contributed by atoms with Gasteiger partial charge >= 0.3 is 0 Å². The van der Waals surface area contributed by atoms with Crippen LogP contribution in [0.15, 0.2) is 41.8 Å². The van der Waals surface area contributed by atoms with Crippen LogP contribution in [-0.4, -0.2) is 18.4 Å². The van der Waals surface area contributed by atoms with Crippen molar-refractivity contribution in [2.45, 2.75) is 31.2 Å². The molecule has 0 saturated heterocycles. The molecular weight excluding hydrogens is 262 g/mol. The molecule has 0 fully saturated rings. The van der Waals surface area contributed by atoms with Crippen LogP contribution in [0.3, 0.4) is 0 Å². The highest BCUT2D eigenvalue weighted by atomic mass is 32.2. The summed E-state index contributed by atoms with van der Waals surface area (Å²) < 4.78 is 26.4. The number of aromatic nitrogens is 2. The van der Waals surface area contributed by atoms with Gasteiger partial charge in [-0.25, -0.2) is 4.98 Å². The van der Waals surface area contributed by atoms with Gasteiger partial charge in [-0.1, -0.05) is 32.9 Å². The first-order valence-corrected chi connectivity index (χ1v) is 7.39. The summed E-state index contributed by atoms with van der Waals surface area (Å²) in [5.41, 5.74) is 1.72. The molecule has 102 valence electrons. The second-order valence-corrected chi connectivity index (χ2v) is 7.00. The summed E-state index contributed by atoms with van der Waals surface area (Å²) in [6.07, 6.45) is 2.60. The third kappa shape index (κ3) is 3.14. The lowest BCUT2D eigenvalue weighted by Gasteiger charge is -2.19. The van der Waals surface area contributed by atoms with E-state index in [9.17, 15) is 8.42 Å². The predicted octanol–water partition coefficient (Wildman–Crippen LogP) is 2.51. The number of hydrogen-bond acceptors (Lipinski definition) is 3. The Hall–Kier alpha value is -1.82. The van der Waals surface area contributed by atoms with Gasteiger partial charge in [-0.3, -0.25) is 4.72 Å². The maximum absolute atomic E-state index is 12.0. The minimum absolute atomic E-state index is 0.0424. The average molecular weight is 279 g/mol. The molecule has 5 nitrogen and oxygen atoms in total. The third-order valence-electron chi connectivity index (χ3n) is 2.77. The number of imidazole rings is 1. The topological polar surface area (TPSA) is 74.8 Å². The maximum Gasteiger partial charge on any atom is 0.278 e. The molecule has 1 aromatic carbocycles. The zero-order valence-electron chi connectivity index (χ0n) is 11.1. The average Bonchev–Trinajstić information content (AvgIpc) is 2.82. The van der Waals surface area contributed by atoms with Gasteiger partial charge in [0.25, 0.3) is 10.0 Å². The fourth-order valence-corrected chi connectivity index (χ4v) is 2.60. The number of H-pyrrole nitrogens is 1. The second kappa shape index (κ2) is 4.70. The molecule has 19 heavy (non-hydrogen) atoms. The molecule has 2 aromatic rings. The van der Waals surface area contributed by atoms with Crippen LogP contribution < -0.4 is 4.72 Å². The molecule has 0 aliphatic carbocycles. The smallest absolute Gasteiger partial charge is 0.278 e. The van der Waals surface area contributed by atoms with Crippen LogP contribution >= 0.6 is 0 Å². The molecule has 0 unspecified atom stereocenters. The molecule has 1 aromatic heterocycles. The molecule has 0 atom stereocenters. The van der Waals surface area contributed by atoms with Crippen molar-refractivity contribution < 1.29 is 8.42 Å². The highest BCUT2D eigenvalue weighted by Gasteiger charge is 2.17. The van der Waals surface area contributed by atoms with Crippen molar-refractivity contribution in [2.24, 2.45) is 0 Å². The third-order valence-corrected chi connectivity index (χ3v) is 4.07. The van der Waals surface area contributed by atoms with Crippen LogP contribution in [-0.2, 0) is 15.4 Å². The SMILES string of the molecule is CC(C)(C)c1ccc(NS(=O)(=O)c2cnc[nH]2)cc1. The minimum atomic E-state index is -3.59.